The van der Waals surface area contributed by atoms with Crippen LogP contribution in [0.2, 0.25) is 0 Å². The van der Waals surface area contributed by atoms with Gasteiger partial charge in [-0.25, -0.2) is 0 Å². The molecule has 1 aromatic carbocycles. The fraction of sp³-hybridized carbons (Fsp3) is 0.667. The molecule has 3 saturated carbocycles. The summed E-state index contributed by atoms with van der Waals surface area (Å²) in [6.07, 6.45) is 8.81. The van der Waals surface area contributed by atoms with Crippen molar-refractivity contribution in [3.05, 3.63) is 35.4 Å². The van der Waals surface area contributed by atoms with Crippen LogP contribution in [0, 0.1) is 12.8 Å². The van der Waals surface area contributed by atoms with Gasteiger partial charge in [0.25, 0.3) is 0 Å². The Morgan fingerprint density at radius 3 is 2.44 bits per heavy atom. The van der Waals surface area contributed by atoms with E-state index in [4.69, 9.17) is 5.73 Å². The number of rotatable bonds is 5. The maximum Gasteiger partial charge on any atom is 0.223 e. The van der Waals surface area contributed by atoms with Gasteiger partial charge in [0.15, 0.2) is 0 Å². The third kappa shape index (κ3) is 3.88. The number of carbonyl (C=O) groups is 1. The van der Waals surface area contributed by atoms with Gasteiger partial charge in [0.2, 0.25) is 5.91 Å². The van der Waals surface area contributed by atoms with Gasteiger partial charge < -0.3 is 10.6 Å². The molecule has 3 aliphatic carbocycles. The third-order valence-corrected chi connectivity index (χ3v) is 6.52. The van der Waals surface area contributed by atoms with Crippen LogP contribution in [0.15, 0.2) is 24.3 Å². The normalized spacial score (nSPS) is 31.1. The van der Waals surface area contributed by atoms with Crippen molar-refractivity contribution in [2.45, 2.75) is 82.3 Å². The lowest BCUT2D eigenvalue weighted by atomic mass is 9.73. The van der Waals surface area contributed by atoms with Gasteiger partial charge in [0, 0.05) is 24.5 Å². The van der Waals surface area contributed by atoms with Crippen LogP contribution in [0.1, 0.15) is 68.4 Å². The Morgan fingerprint density at radius 1 is 1.12 bits per heavy atom. The predicted molar refractivity (Wildman–Crippen MR) is 104 cm³/mol. The summed E-state index contributed by atoms with van der Waals surface area (Å²) in [5.41, 5.74) is 9.06. The van der Waals surface area contributed by atoms with E-state index >= 15 is 0 Å². The molecule has 0 radical (unpaired) electrons. The monoisotopic (exact) mass is 362 g/mol. The van der Waals surface area contributed by atoms with E-state index in [0.717, 1.165) is 25.7 Å². The van der Waals surface area contributed by atoms with E-state index in [-0.39, 0.29) is 18.4 Å². The molecule has 138 valence electrons. The topological polar surface area (TPSA) is 46.3 Å². The Balaban J connectivity index is 0.00000182. The van der Waals surface area contributed by atoms with Gasteiger partial charge in [-0.15, -0.1) is 12.4 Å². The lowest BCUT2D eigenvalue weighted by Crippen LogP contribution is -2.49. The number of carbonyl (C=O) groups excluding carboxylic acids is 1. The second kappa shape index (κ2) is 7.67. The van der Waals surface area contributed by atoms with Gasteiger partial charge in [-0.05, 0) is 68.4 Å². The Bertz CT molecular complexity index is 610. The summed E-state index contributed by atoms with van der Waals surface area (Å²) in [7, 11) is 0. The molecule has 1 aromatic rings. The maximum atomic E-state index is 12.9. The van der Waals surface area contributed by atoms with E-state index in [2.05, 4.69) is 36.1 Å². The van der Waals surface area contributed by atoms with Crippen molar-refractivity contribution in [2.75, 3.05) is 0 Å². The summed E-state index contributed by atoms with van der Waals surface area (Å²) < 4.78 is 0. The fourth-order valence-corrected chi connectivity index (χ4v) is 4.82. The van der Waals surface area contributed by atoms with Crippen molar-refractivity contribution in [3.63, 3.8) is 0 Å². The number of hydrogen-bond acceptors (Lipinski definition) is 2. The van der Waals surface area contributed by atoms with E-state index in [1.165, 1.54) is 30.4 Å². The Morgan fingerprint density at radius 2 is 1.84 bits per heavy atom. The number of amides is 1. The average Bonchev–Trinajstić information content (AvgIpc) is 3.27. The van der Waals surface area contributed by atoms with Crippen LogP contribution >= 0.6 is 12.4 Å². The van der Waals surface area contributed by atoms with Crippen LogP contribution in [0.25, 0.3) is 0 Å². The summed E-state index contributed by atoms with van der Waals surface area (Å²) in [6.45, 7) is 2.20. The number of aryl methyl sites for hydroxylation is 1. The van der Waals surface area contributed by atoms with E-state index in [9.17, 15) is 4.79 Å². The zero-order valence-corrected chi connectivity index (χ0v) is 16.0. The van der Waals surface area contributed by atoms with Crippen LogP contribution in [0.5, 0.6) is 0 Å². The molecule has 3 fully saturated rings. The molecule has 0 aromatic heterocycles. The second-order valence-electron chi connectivity index (χ2n) is 8.27. The highest BCUT2D eigenvalue weighted by Gasteiger charge is 2.44. The zero-order chi connectivity index (χ0) is 16.7. The lowest BCUT2D eigenvalue weighted by molar-refractivity contribution is -0.137. The van der Waals surface area contributed by atoms with Crippen LogP contribution < -0.4 is 5.73 Å². The molecule has 2 atom stereocenters. The molecule has 3 aliphatic rings. The van der Waals surface area contributed by atoms with Gasteiger partial charge in [-0.1, -0.05) is 30.7 Å². The summed E-state index contributed by atoms with van der Waals surface area (Å²) in [4.78, 5) is 15.2. The number of nitrogens with two attached hydrogens (primary N) is 1. The summed E-state index contributed by atoms with van der Waals surface area (Å²) in [5.74, 6) is 1.44. The first-order chi connectivity index (χ1) is 11.6. The van der Waals surface area contributed by atoms with Crippen LogP contribution in [0.4, 0.5) is 0 Å². The minimum Gasteiger partial charge on any atom is -0.337 e. The predicted octanol–water partition coefficient (Wildman–Crippen LogP) is 4.17. The number of benzene rings is 1. The van der Waals surface area contributed by atoms with Crippen molar-refractivity contribution >= 4 is 18.3 Å². The molecule has 3 nitrogen and oxygen atoms in total. The van der Waals surface area contributed by atoms with E-state index in [0.29, 0.717) is 36.2 Å². The summed E-state index contributed by atoms with van der Waals surface area (Å²) in [6, 6.07) is 9.95. The number of halogens is 1. The average molecular weight is 363 g/mol. The van der Waals surface area contributed by atoms with Crippen molar-refractivity contribution in [3.8, 4) is 0 Å². The smallest absolute Gasteiger partial charge is 0.223 e. The molecule has 0 unspecified atom stereocenters. The molecule has 2 N–H and O–H groups in total. The lowest BCUT2D eigenvalue weighted by Gasteiger charge is -2.44. The number of hydrogen-bond donors (Lipinski definition) is 1. The Hall–Kier alpha value is -1.06. The van der Waals surface area contributed by atoms with Crippen LogP contribution in [-0.2, 0) is 4.79 Å². The van der Waals surface area contributed by atoms with Crippen LogP contribution in [0.3, 0.4) is 0 Å². The Kier molecular flexibility index (Phi) is 5.75. The molecule has 0 saturated heterocycles. The first kappa shape index (κ1) is 18.7. The van der Waals surface area contributed by atoms with E-state index in [1.807, 2.05) is 0 Å². The maximum absolute atomic E-state index is 12.9. The SMILES string of the molecule is Cc1ccccc1C1CC(N(C(=O)C[C@@H]2CCC[C@H]2N)C2CC2)C1.Cl. The first-order valence-electron chi connectivity index (χ1n) is 9.75. The quantitative estimate of drug-likeness (QED) is 0.854. The molecule has 4 heteroatoms. The molecule has 1 amide bonds. The van der Waals surface area contributed by atoms with Crippen molar-refractivity contribution in [2.24, 2.45) is 11.7 Å². The largest absolute Gasteiger partial charge is 0.337 e. The fourth-order valence-electron chi connectivity index (χ4n) is 4.82. The van der Waals surface area contributed by atoms with Gasteiger partial charge >= 0.3 is 0 Å². The molecule has 0 aliphatic heterocycles. The third-order valence-electron chi connectivity index (χ3n) is 6.52. The van der Waals surface area contributed by atoms with Gasteiger partial charge in [0.1, 0.15) is 0 Å². The summed E-state index contributed by atoms with van der Waals surface area (Å²) >= 11 is 0. The number of nitrogens with zero attached hydrogens (tertiary/aromatic N) is 1. The summed E-state index contributed by atoms with van der Waals surface area (Å²) in [5, 5.41) is 0. The van der Waals surface area contributed by atoms with Crippen LogP contribution in [-0.4, -0.2) is 28.9 Å². The minimum atomic E-state index is 0. The highest BCUT2D eigenvalue weighted by atomic mass is 35.5. The molecule has 0 bridgehead atoms. The highest BCUT2D eigenvalue weighted by molar-refractivity contribution is 5.85. The van der Waals surface area contributed by atoms with Gasteiger partial charge in [-0.3, -0.25) is 4.79 Å². The van der Waals surface area contributed by atoms with Gasteiger partial charge in [0.05, 0.1) is 0 Å². The molecule has 4 rings (SSSR count). The molecular weight excluding hydrogens is 332 g/mol. The zero-order valence-electron chi connectivity index (χ0n) is 15.2. The van der Waals surface area contributed by atoms with Gasteiger partial charge in [-0.2, -0.15) is 0 Å². The molecular formula is C21H31ClN2O. The Labute approximate surface area is 157 Å². The first-order valence-corrected chi connectivity index (χ1v) is 9.75. The van der Waals surface area contributed by atoms with Crippen molar-refractivity contribution < 1.29 is 4.79 Å². The minimum absolute atomic E-state index is 0. The van der Waals surface area contributed by atoms with E-state index < -0.39 is 0 Å². The standard InChI is InChI=1S/C21H30N2O.ClH/c1-14-5-2-3-7-19(14)16-11-18(12-16)23(17-9-10-17)21(24)13-15-6-4-8-20(15)22;/h2-3,5,7,15-18,20H,4,6,8-13,22H2,1H3;1H/t15-,16?,18?,20+;/m0./s1. The second-order valence-corrected chi connectivity index (χ2v) is 8.27. The van der Waals surface area contributed by atoms with Crippen molar-refractivity contribution in [1.82, 2.24) is 4.90 Å². The molecule has 0 heterocycles. The van der Waals surface area contributed by atoms with Crippen molar-refractivity contribution in [1.29, 1.82) is 0 Å². The molecule has 25 heavy (non-hydrogen) atoms. The molecule has 0 spiro atoms. The van der Waals surface area contributed by atoms with E-state index in [1.54, 1.807) is 0 Å². The highest BCUT2D eigenvalue weighted by Crippen LogP contribution is 2.45.